The molecule has 0 atom stereocenters. The van der Waals surface area contributed by atoms with Gasteiger partial charge in [0.25, 0.3) is 5.91 Å². The summed E-state index contributed by atoms with van der Waals surface area (Å²) in [5.74, 6) is 1.00. The average Bonchev–Trinajstić information content (AvgIpc) is 3.25. The Morgan fingerprint density at radius 2 is 1.81 bits per heavy atom. The first-order valence-corrected chi connectivity index (χ1v) is 10.7. The maximum atomic E-state index is 13.2. The minimum atomic E-state index is 0.00992. The third kappa shape index (κ3) is 4.70. The number of amides is 1. The van der Waals surface area contributed by atoms with Gasteiger partial charge in [-0.05, 0) is 30.2 Å². The topological polar surface area (TPSA) is 76.4 Å². The molecule has 1 aliphatic heterocycles. The number of aromatic nitrogens is 4. The highest BCUT2D eigenvalue weighted by Gasteiger charge is 2.26. The first-order chi connectivity index (χ1) is 15.1. The Hall–Kier alpha value is -2.97. The van der Waals surface area contributed by atoms with Gasteiger partial charge in [0.1, 0.15) is 0 Å². The van der Waals surface area contributed by atoms with Crippen LogP contribution in [0.15, 0.2) is 42.6 Å². The average molecular weight is 441 g/mol. The van der Waals surface area contributed by atoms with Crippen LogP contribution < -0.4 is 4.74 Å². The molecular weight excluding hydrogens is 416 g/mol. The van der Waals surface area contributed by atoms with Crippen molar-refractivity contribution in [1.29, 1.82) is 0 Å². The number of piperazine rings is 1. The van der Waals surface area contributed by atoms with Crippen LogP contribution in [0, 0.1) is 0 Å². The standard InChI is InChI=1S/C22H25ClN6O2/c1-3-19-18(14-24-29(19)20-8-9-21(31-2)26-25-20)22(30)28-12-10-27(11-13-28)15-16-4-6-17(23)7-5-16/h4-9,14H,3,10-13,15H2,1-2H3. The number of rotatable bonds is 6. The van der Waals surface area contributed by atoms with Gasteiger partial charge in [-0.25, -0.2) is 4.68 Å². The van der Waals surface area contributed by atoms with E-state index in [2.05, 4.69) is 20.2 Å². The second-order valence-electron chi connectivity index (χ2n) is 7.40. The normalized spacial score (nSPS) is 14.6. The van der Waals surface area contributed by atoms with Gasteiger partial charge in [-0.15, -0.1) is 10.2 Å². The van der Waals surface area contributed by atoms with Crippen LogP contribution in [0.1, 0.15) is 28.5 Å². The highest BCUT2D eigenvalue weighted by Crippen LogP contribution is 2.19. The van der Waals surface area contributed by atoms with Crippen molar-refractivity contribution < 1.29 is 9.53 Å². The minimum absolute atomic E-state index is 0.00992. The molecule has 162 valence electrons. The van der Waals surface area contributed by atoms with E-state index in [9.17, 15) is 4.79 Å². The number of carbonyl (C=O) groups excluding carboxylic acids is 1. The van der Waals surface area contributed by atoms with E-state index < -0.39 is 0 Å². The predicted octanol–water partition coefficient (Wildman–Crippen LogP) is 2.84. The molecule has 0 saturated carbocycles. The molecule has 1 aliphatic rings. The number of nitrogens with zero attached hydrogens (tertiary/aromatic N) is 6. The summed E-state index contributed by atoms with van der Waals surface area (Å²) in [7, 11) is 1.54. The molecule has 1 aromatic carbocycles. The third-order valence-electron chi connectivity index (χ3n) is 5.47. The molecule has 0 N–H and O–H groups in total. The fraction of sp³-hybridized carbons (Fsp3) is 0.364. The molecule has 0 bridgehead atoms. The molecule has 4 rings (SSSR count). The SMILES string of the molecule is CCc1c(C(=O)N2CCN(Cc3ccc(Cl)cc3)CC2)cnn1-c1ccc(OC)nn1. The molecule has 1 amide bonds. The number of hydrogen-bond acceptors (Lipinski definition) is 6. The summed E-state index contributed by atoms with van der Waals surface area (Å²) in [5, 5.41) is 13.3. The van der Waals surface area contributed by atoms with Crippen LogP contribution in [-0.2, 0) is 13.0 Å². The van der Waals surface area contributed by atoms with Gasteiger partial charge in [0.2, 0.25) is 5.88 Å². The number of benzene rings is 1. The van der Waals surface area contributed by atoms with E-state index in [0.29, 0.717) is 36.8 Å². The maximum Gasteiger partial charge on any atom is 0.257 e. The Morgan fingerprint density at radius 1 is 1.06 bits per heavy atom. The Labute approximate surface area is 186 Å². The Balaban J connectivity index is 1.42. The monoisotopic (exact) mass is 440 g/mol. The fourth-order valence-electron chi connectivity index (χ4n) is 3.75. The van der Waals surface area contributed by atoms with E-state index in [0.717, 1.165) is 30.4 Å². The number of methoxy groups -OCH3 is 1. The number of halogens is 1. The van der Waals surface area contributed by atoms with Crippen LogP contribution in [0.2, 0.25) is 5.02 Å². The quantitative estimate of drug-likeness (QED) is 0.586. The molecule has 9 heteroatoms. The zero-order chi connectivity index (χ0) is 21.8. The van der Waals surface area contributed by atoms with Gasteiger partial charge in [-0.1, -0.05) is 30.7 Å². The lowest BCUT2D eigenvalue weighted by Gasteiger charge is -2.34. The van der Waals surface area contributed by atoms with E-state index in [4.69, 9.17) is 16.3 Å². The van der Waals surface area contributed by atoms with Crippen molar-refractivity contribution in [1.82, 2.24) is 29.8 Å². The summed E-state index contributed by atoms with van der Waals surface area (Å²) in [6, 6.07) is 11.4. The zero-order valence-electron chi connectivity index (χ0n) is 17.7. The Morgan fingerprint density at radius 3 is 2.42 bits per heavy atom. The van der Waals surface area contributed by atoms with Gasteiger partial charge in [0.05, 0.1) is 24.6 Å². The molecule has 3 aromatic rings. The molecular formula is C22H25ClN6O2. The number of ether oxygens (including phenoxy) is 1. The third-order valence-corrected chi connectivity index (χ3v) is 5.72. The van der Waals surface area contributed by atoms with E-state index in [1.165, 1.54) is 5.56 Å². The molecule has 0 radical (unpaired) electrons. The van der Waals surface area contributed by atoms with Crippen LogP contribution in [0.5, 0.6) is 5.88 Å². The van der Waals surface area contributed by atoms with Crippen molar-refractivity contribution in [3.05, 3.63) is 64.4 Å². The second-order valence-corrected chi connectivity index (χ2v) is 7.84. The van der Waals surface area contributed by atoms with Crippen LogP contribution in [0.3, 0.4) is 0 Å². The van der Waals surface area contributed by atoms with E-state index in [1.54, 1.807) is 30.1 Å². The largest absolute Gasteiger partial charge is 0.480 e. The predicted molar refractivity (Wildman–Crippen MR) is 118 cm³/mol. The van der Waals surface area contributed by atoms with Crippen molar-refractivity contribution in [3.8, 4) is 11.7 Å². The van der Waals surface area contributed by atoms with Gasteiger partial charge in [-0.3, -0.25) is 9.69 Å². The summed E-state index contributed by atoms with van der Waals surface area (Å²) >= 11 is 5.97. The van der Waals surface area contributed by atoms with Crippen LogP contribution >= 0.6 is 11.6 Å². The van der Waals surface area contributed by atoms with Crippen molar-refractivity contribution in [2.75, 3.05) is 33.3 Å². The fourth-order valence-corrected chi connectivity index (χ4v) is 3.88. The van der Waals surface area contributed by atoms with Crippen LogP contribution in [0.25, 0.3) is 5.82 Å². The van der Waals surface area contributed by atoms with E-state index >= 15 is 0 Å². The lowest BCUT2D eigenvalue weighted by Crippen LogP contribution is -2.48. The molecule has 0 spiro atoms. The summed E-state index contributed by atoms with van der Waals surface area (Å²) < 4.78 is 6.74. The minimum Gasteiger partial charge on any atom is -0.480 e. The molecule has 2 aromatic heterocycles. The first kappa shape index (κ1) is 21.3. The summed E-state index contributed by atoms with van der Waals surface area (Å²) in [6.45, 7) is 5.88. The highest BCUT2D eigenvalue weighted by molar-refractivity contribution is 6.30. The lowest BCUT2D eigenvalue weighted by molar-refractivity contribution is 0.0627. The Kier molecular flexibility index (Phi) is 6.48. The Bertz CT molecular complexity index is 1030. The van der Waals surface area contributed by atoms with E-state index in [1.807, 2.05) is 36.1 Å². The molecule has 3 heterocycles. The second kappa shape index (κ2) is 9.45. The summed E-state index contributed by atoms with van der Waals surface area (Å²) in [4.78, 5) is 17.5. The van der Waals surface area contributed by atoms with Crippen molar-refractivity contribution in [2.45, 2.75) is 19.9 Å². The van der Waals surface area contributed by atoms with Crippen molar-refractivity contribution in [3.63, 3.8) is 0 Å². The zero-order valence-corrected chi connectivity index (χ0v) is 18.4. The molecule has 0 aliphatic carbocycles. The number of carbonyl (C=O) groups is 1. The maximum absolute atomic E-state index is 13.2. The highest BCUT2D eigenvalue weighted by atomic mass is 35.5. The number of hydrogen-bond donors (Lipinski definition) is 0. The first-order valence-electron chi connectivity index (χ1n) is 10.3. The van der Waals surface area contributed by atoms with E-state index in [-0.39, 0.29) is 5.91 Å². The van der Waals surface area contributed by atoms with Gasteiger partial charge in [0.15, 0.2) is 5.82 Å². The van der Waals surface area contributed by atoms with Crippen molar-refractivity contribution in [2.24, 2.45) is 0 Å². The molecule has 1 fully saturated rings. The lowest BCUT2D eigenvalue weighted by atomic mass is 10.1. The van der Waals surface area contributed by atoms with Gasteiger partial charge >= 0.3 is 0 Å². The van der Waals surface area contributed by atoms with Crippen molar-refractivity contribution >= 4 is 17.5 Å². The molecule has 1 saturated heterocycles. The van der Waals surface area contributed by atoms with Crippen LogP contribution in [0.4, 0.5) is 0 Å². The molecule has 8 nitrogen and oxygen atoms in total. The summed E-state index contributed by atoms with van der Waals surface area (Å²) in [6.07, 6.45) is 2.29. The van der Waals surface area contributed by atoms with Gasteiger partial charge in [0, 0.05) is 43.8 Å². The summed E-state index contributed by atoms with van der Waals surface area (Å²) in [5.41, 5.74) is 2.67. The molecule has 31 heavy (non-hydrogen) atoms. The van der Waals surface area contributed by atoms with Gasteiger partial charge in [-0.2, -0.15) is 5.10 Å². The van der Waals surface area contributed by atoms with Crippen LogP contribution in [-0.4, -0.2) is 69.0 Å². The smallest absolute Gasteiger partial charge is 0.257 e. The van der Waals surface area contributed by atoms with Gasteiger partial charge < -0.3 is 9.64 Å². The molecule has 0 unspecified atom stereocenters.